The average Bonchev–Trinajstić information content (AvgIpc) is 2.12. The van der Waals surface area contributed by atoms with Crippen LogP contribution in [0.4, 0.5) is 4.39 Å². The van der Waals surface area contributed by atoms with Gasteiger partial charge >= 0.3 is 0 Å². The fourth-order valence-electron chi connectivity index (χ4n) is 1.50. The highest BCUT2D eigenvalue weighted by Gasteiger charge is 2.36. The Kier molecular flexibility index (Phi) is 4.12. The molecule has 0 aromatic carbocycles. The van der Waals surface area contributed by atoms with Crippen molar-refractivity contribution in [1.82, 2.24) is 5.32 Å². The van der Waals surface area contributed by atoms with Gasteiger partial charge in [0.15, 0.2) is 5.96 Å². The molecule has 1 aliphatic rings. The quantitative estimate of drug-likeness (QED) is 0.415. The first-order chi connectivity index (χ1) is 7.02. The van der Waals surface area contributed by atoms with Gasteiger partial charge in [-0.15, -0.1) is 0 Å². The van der Waals surface area contributed by atoms with Gasteiger partial charge < -0.3 is 11.1 Å². The van der Waals surface area contributed by atoms with Crippen molar-refractivity contribution in [2.75, 3.05) is 13.1 Å². The molecular weight excluding hydrogens is 193 g/mol. The fraction of sp³-hybridized carbons (Fsp3) is 0.727. The molecular formula is C11H20FN3. The minimum absolute atomic E-state index is 0.376. The lowest BCUT2D eigenvalue weighted by Crippen LogP contribution is -2.39. The molecule has 0 radical (unpaired) electrons. The van der Waals surface area contributed by atoms with Gasteiger partial charge in [0.25, 0.3) is 0 Å². The summed E-state index contributed by atoms with van der Waals surface area (Å²) in [5.41, 5.74) is 5.60. The Morgan fingerprint density at radius 1 is 1.60 bits per heavy atom. The van der Waals surface area contributed by atoms with Crippen molar-refractivity contribution in [3.05, 3.63) is 12.2 Å². The minimum Gasteiger partial charge on any atom is -0.370 e. The Balaban J connectivity index is 2.13. The van der Waals surface area contributed by atoms with E-state index in [9.17, 15) is 4.39 Å². The molecule has 1 rings (SSSR count). The van der Waals surface area contributed by atoms with E-state index in [1.807, 2.05) is 6.92 Å². The van der Waals surface area contributed by atoms with Crippen molar-refractivity contribution in [1.29, 1.82) is 0 Å². The SMILES string of the molecule is C=C(C)CN=C(N)NCCC1(F)CCC1. The standard InChI is InChI=1S/C11H20FN3/c1-9(2)8-15-10(13)14-7-6-11(12)4-3-5-11/h1,3-8H2,2H3,(H3,13,14,15). The van der Waals surface area contributed by atoms with Gasteiger partial charge in [0.1, 0.15) is 5.67 Å². The van der Waals surface area contributed by atoms with Crippen LogP contribution in [0.2, 0.25) is 0 Å². The van der Waals surface area contributed by atoms with Crippen LogP contribution in [0.15, 0.2) is 17.1 Å². The zero-order chi connectivity index (χ0) is 11.3. The number of halogens is 1. The molecule has 15 heavy (non-hydrogen) atoms. The highest BCUT2D eigenvalue weighted by atomic mass is 19.1. The number of guanidine groups is 1. The van der Waals surface area contributed by atoms with Crippen LogP contribution in [0.3, 0.4) is 0 Å². The maximum atomic E-state index is 13.5. The maximum Gasteiger partial charge on any atom is 0.188 e. The second-order valence-electron chi connectivity index (χ2n) is 4.34. The number of aliphatic imine (C=N–C) groups is 1. The number of nitrogens with zero attached hydrogens (tertiary/aromatic N) is 1. The second kappa shape index (κ2) is 5.14. The lowest BCUT2D eigenvalue weighted by atomic mass is 9.80. The molecule has 0 amide bonds. The van der Waals surface area contributed by atoms with Crippen LogP contribution in [-0.4, -0.2) is 24.7 Å². The highest BCUT2D eigenvalue weighted by molar-refractivity contribution is 5.77. The van der Waals surface area contributed by atoms with Crippen molar-refractivity contribution in [3.8, 4) is 0 Å². The lowest BCUT2D eigenvalue weighted by molar-refractivity contribution is 0.0555. The summed E-state index contributed by atoms with van der Waals surface area (Å²) in [6.45, 7) is 6.69. The van der Waals surface area contributed by atoms with E-state index in [2.05, 4.69) is 16.9 Å². The van der Waals surface area contributed by atoms with Crippen LogP contribution < -0.4 is 11.1 Å². The number of rotatable bonds is 5. The largest absolute Gasteiger partial charge is 0.370 e. The Labute approximate surface area is 90.6 Å². The first-order valence-corrected chi connectivity index (χ1v) is 5.39. The first-order valence-electron chi connectivity index (χ1n) is 5.39. The zero-order valence-electron chi connectivity index (χ0n) is 9.35. The summed E-state index contributed by atoms with van der Waals surface area (Å²) in [4.78, 5) is 4.05. The molecule has 3 nitrogen and oxygen atoms in total. The number of alkyl halides is 1. The van der Waals surface area contributed by atoms with E-state index in [4.69, 9.17) is 5.73 Å². The van der Waals surface area contributed by atoms with Crippen molar-refractivity contribution >= 4 is 5.96 Å². The van der Waals surface area contributed by atoms with E-state index < -0.39 is 5.67 Å². The summed E-state index contributed by atoms with van der Waals surface area (Å²) < 4.78 is 13.5. The average molecular weight is 213 g/mol. The fourth-order valence-corrected chi connectivity index (χ4v) is 1.50. The van der Waals surface area contributed by atoms with Crippen LogP contribution in [-0.2, 0) is 0 Å². The van der Waals surface area contributed by atoms with E-state index in [-0.39, 0.29) is 0 Å². The van der Waals surface area contributed by atoms with Crippen LogP contribution >= 0.6 is 0 Å². The van der Waals surface area contributed by atoms with Crippen LogP contribution in [0.5, 0.6) is 0 Å². The maximum absolute atomic E-state index is 13.5. The molecule has 3 N–H and O–H groups in total. The van der Waals surface area contributed by atoms with Crippen molar-refractivity contribution in [2.45, 2.75) is 38.3 Å². The molecule has 1 saturated carbocycles. The van der Waals surface area contributed by atoms with Gasteiger partial charge in [-0.3, -0.25) is 0 Å². The lowest BCUT2D eigenvalue weighted by Gasteiger charge is -2.33. The third kappa shape index (κ3) is 4.32. The van der Waals surface area contributed by atoms with Gasteiger partial charge in [-0.1, -0.05) is 12.2 Å². The molecule has 0 aromatic rings. The number of hydrogen-bond acceptors (Lipinski definition) is 1. The predicted molar refractivity (Wildman–Crippen MR) is 61.6 cm³/mol. The minimum atomic E-state index is -0.943. The van der Waals surface area contributed by atoms with E-state index >= 15 is 0 Å². The Bertz CT molecular complexity index is 257. The normalized spacial score (nSPS) is 19.5. The smallest absolute Gasteiger partial charge is 0.188 e. The zero-order valence-corrected chi connectivity index (χ0v) is 9.35. The highest BCUT2D eigenvalue weighted by Crippen LogP contribution is 2.38. The van der Waals surface area contributed by atoms with Crippen LogP contribution in [0, 0.1) is 0 Å². The van der Waals surface area contributed by atoms with Gasteiger partial charge in [0.2, 0.25) is 0 Å². The number of nitrogens with one attached hydrogen (secondary N) is 1. The molecule has 0 bridgehead atoms. The van der Waals surface area contributed by atoms with Gasteiger partial charge in [0.05, 0.1) is 6.54 Å². The van der Waals surface area contributed by atoms with Crippen molar-refractivity contribution in [3.63, 3.8) is 0 Å². The molecule has 0 saturated heterocycles. The molecule has 0 spiro atoms. The second-order valence-corrected chi connectivity index (χ2v) is 4.34. The third-order valence-electron chi connectivity index (χ3n) is 2.65. The van der Waals surface area contributed by atoms with E-state index in [1.165, 1.54) is 0 Å². The molecule has 0 aromatic heterocycles. The summed E-state index contributed by atoms with van der Waals surface area (Å²) in [7, 11) is 0. The van der Waals surface area contributed by atoms with Gasteiger partial charge in [0, 0.05) is 6.54 Å². The molecule has 4 heteroatoms. The van der Waals surface area contributed by atoms with Gasteiger partial charge in [-0.05, 0) is 32.6 Å². The summed E-state index contributed by atoms with van der Waals surface area (Å²) in [5, 5.41) is 2.91. The summed E-state index contributed by atoms with van der Waals surface area (Å²) in [5.74, 6) is 0.376. The molecule has 0 heterocycles. The first kappa shape index (κ1) is 12.0. The number of nitrogens with two attached hydrogens (primary N) is 1. The molecule has 0 aliphatic heterocycles. The predicted octanol–water partition coefficient (Wildman–Crippen LogP) is 1.75. The van der Waals surface area contributed by atoms with Crippen LogP contribution in [0.25, 0.3) is 0 Å². The van der Waals surface area contributed by atoms with E-state index in [0.717, 1.165) is 12.0 Å². The van der Waals surface area contributed by atoms with Crippen LogP contribution in [0.1, 0.15) is 32.6 Å². The Morgan fingerprint density at radius 2 is 2.27 bits per heavy atom. The molecule has 0 atom stereocenters. The van der Waals surface area contributed by atoms with E-state index in [0.29, 0.717) is 38.3 Å². The molecule has 86 valence electrons. The third-order valence-corrected chi connectivity index (χ3v) is 2.65. The van der Waals surface area contributed by atoms with Gasteiger partial charge in [-0.25, -0.2) is 9.38 Å². The molecule has 1 fully saturated rings. The Hall–Kier alpha value is -1.06. The Morgan fingerprint density at radius 3 is 2.73 bits per heavy atom. The van der Waals surface area contributed by atoms with Gasteiger partial charge in [-0.2, -0.15) is 0 Å². The monoisotopic (exact) mass is 213 g/mol. The topological polar surface area (TPSA) is 50.4 Å². The number of hydrogen-bond donors (Lipinski definition) is 2. The molecule has 0 unspecified atom stereocenters. The summed E-state index contributed by atoms with van der Waals surface area (Å²) in [6, 6.07) is 0. The van der Waals surface area contributed by atoms with Crippen molar-refractivity contribution in [2.24, 2.45) is 10.7 Å². The molecule has 1 aliphatic carbocycles. The summed E-state index contributed by atoms with van der Waals surface area (Å²) in [6.07, 6.45) is 2.92. The van der Waals surface area contributed by atoms with E-state index in [1.54, 1.807) is 0 Å². The summed E-state index contributed by atoms with van der Waals surface area (Å²) >= 11 is 0. The van der Waals surface area contributed by atoms with Crippen molar-refractivity contribution < 1.29 is 4.39 Å².